The molecule has 0 atom stereocenters. The van der Waals surface area contributed by atoms with Gasteiger partial charge in [0.15, 0.2) is 5.69 Å². The van der Waals surface area contributed by atoms with Crippen LogP contribution in [0.1, 0.15) is 28.3 Å². The van der Waals surface area contributed by atoms with Crippen molar-refractivity contribution < 1.29 is 14.7 Å². The molecule has 0 bridgehead atoms. The number of aromatic carboxylic acids is 1. The monoisotopic (exact) mass is 241 g/mol. The lowest BCUT2D eigenvalue weighted by Gasteiger charge is -2.07. The van der Waals surface area contributed by atoms with Crippen molar-refractivity contribution in [3.63, 3.8) is 0 Å². The number of carboxylic acids is 1. The molecule has 1 fully saturated rings. The van der Waals surface area contributed by atoms with Gasteiger partial charge in [-0.1, -0.05) is 0 Å². The quantitative estimate of drug-likeness (QED) is 0.685. The van der Waals surface area contributed by atoms with Gasteiger partial charge in [-0.15, -0.1) is 11.3 Å². The lowest BCUT2D eigenvalue weighted by molar-refractivity contribution is -0.123. The van der Waals surface area contributed by atoms with Gasteiger partial charge in [-0.05, 0) is 12.8 Å². The predicted octanol–water partition coefficient (Wildman–Crippen LogP) is -0.0512. The molecule has 1 heterocycles. The number of hydrogen-bond donors (Lipinski definition) is 3. The molecular formula is C9H11N3O3S. The van der Waals surface area contributed by atoms with Crippen LogP contribution in [-0.4, -0.2) is 27.5 Å². The average molecular weight is 241 g/mol. The van der Waals surface area contributed by atoms with E-state index in [1.165, 1.54) is 16.7 Å². The standard InChI is InChI=1S/C9H11N3O3S/c10-9(1-2-9)8(15)11-3-6-12-5(4-16-6)7(13)14/h4H,1-3,10H2,(H,11,15)(H,13,14). The van der Waals surface area contributed by atoms with Gasteiger partial charge in [0.2, 0.25) is 5.91 Å². The Hall–Kier alpha value is -1.47. The maximum atomic E-state index is 11.5. The summed E-state index contributed by atoms with van der Waals surface area (Å²) in [4.78, 5) is 25.9. The summed E-state index contributed by atoms with van der Waals surface area (Å²) < 4.78 is 0. The van der Waals surface area contributed by atoms with Crippen LogP contribution in [0.4, 0.5) is 0 Å². The van der Waals surface area contributed by atoms with E-state index in [1.54, 1.807) is 0 Å². The highest BCUT2D eigenvalue weighted by atomic mass is 32.1. The molecular weight excluding hydrogens is 230 g/mol. The molecule has 7 heteroatoms. The second-order valence-corrected chi connectivity index (χ2v) is 4.71. The molecule has 1 amide bonds. The van der Waals surface area contributed by atoms with Crippen molar-refractivity contribution in [2.75, 3.05) is 0 Å². The van der Waals surface area contributed by atoms with Gasteiger partial charge >= 0.3 is 5.97 Å². The molecule has 0 spiro atoms. The predicted molar refractivity (Wildman–Crippen MR) is 57.1 cm³/mol. The van der Waals surface area contributed by atoms with E-state index < -0.39 is 11.5 Å². The molecule has 1 aromatic rings. The van der Waals surface area contributed by atoms with E-state index in [-0.39, 0.29) is 18.1 Å². The van der Waals surface area contributed by atoms with E-state index in [2.05, 4.69) is 10.3 Å². The summed E-state index contributed by atoms with van der Waals surface area (Å²) in [5.41, 5.74) is 4.99. The first-order chi connectivity index (χ1) is 7.51. The molecule has 1 aliphatic carbocycles. The number of amides is 1. The highest BCUT2D eigenvalue weighted by molar-refractivity contribution is 7.09. The number of aromatic nitrogens is 1. The van der Waals surface area contributed by atoms with Crippen LogP contribution in [0.25, 0.3) is 0 Å². The number of rotatable bonds is 4. The van der Waals surface area contributed by atoms with Crippen molar-refractivity contribution in [3.05, 3.63) is 16.1 Å². The minimum Gasteiger partial charge on any atom is -0.476 e. The largest absolute Gasteiger partial charge is 0.476 e. The van der Waals surface area contributed by atoms with E-state index in [1.807, 2.05) is 0 Å². The molecule has 1 saturated carbocycles. The fourth-order valence-electron chi connectivity index (χ4n) is 1.18. The Kier molecular flexibility index (Phi) is 2.64. The third kappa shape index (κ3) is 2.20. The number of nitrogens with two attached hydrogens (primary N) is 1. The Morgan fingerprint density at radius 1 is 1.62 bits per heavy atom. The molecule has 0 saturated heterocycles. The van der Waals surface area contributed by atoms with Crippen molar-refractivity contribution in [2.24, 2.45) is 5.73 Å². The van der Waals surface area contributed by atoms with Crippen molar-refractivity contribution in [1.82, 2.24) is 10.3 Å². The topological polar surface area (TPSA) is 105 Å². The van der Waals surface area contributed by atoms with Crippen molar-refractivity contribution >= 4 is 23.2 Å². The van der Waals surface area contributed by atoms with Crippen LogP contribution >= 0.6 is 11.3 Å². The normalized spacial score (nSPS) is 16.8. The number of nitrogens with zero attached hydrogens (tertiary/aromatic N) is 1. The summed E-state index contributed by atoms with van der Waals surface area (Å²) >= 11 is 1.20. The van der Waals surface area contributed by atoms with Crippen molar-refractivity contribution in [1.29, 1.82) is 0 Å². The molecule has 16 heavy (non-hydrogen) atoms. The minimum atomic E-state index is -1.06. The van der Waals surface area contributed by atoms with Gasteiger partial charge in [-0.2, -0.15) is 0 Å². The zero-order valence-corrected chi connectivity index (χ0v) is 9.21. The van der Waals surface area contributed by atoms with Gasteiger partial charge < -0.3 is 16.2 Å². The third-order valence-corrected chi connectivity index (χ3v) is 3.26. The van der Waals surface area contributed by atoms with Gasteiger partial charge in [-0.25, -0.2) is 9.78 Å². The molecule has 6 nitrogen and oxygen atoms in total. The zero-order valence-electron chi connectivity index (χ0n) is 8.40. The first-order valence-electron chi connectivity index (χ1n) is 4.76. The smallest absolute Gasteiger partial charge is 0.355 e. The Labute approximate surface area is 95.5 Å². The molecule has 86 valence electrons. The summed E-state index contributed by atoms with van der Waals surface area (Å²) in [7, 11) is 0. The number of thiazole rings is 1. The Bertz CT molecular complexity index is 439. The number of carbonyl (C=O) groups excluding carboxylic acids is 1. The lowest BCUT2D eigenvalue weighted by atomic mass is 10.3. The van der Waals surface area contributed by atoms with E-state index in [9.17, 15) is 9.59 Å². The summed E-state index contributed by atoms with van der Waals surface area (Å²) in [6.07, 6.45) is 1.41. The number of nitrogens with one attached hydrogen (secondary N) is 1. The third-order valence-electron chi connectivity index (χ3n) is 2.41. The van der Waals surface area contributed by atoms with E-state index in [0.29, 0.717) is 17.8 Å². The highest BCUT2D eigenvalue weighted by Crippen LogP contribution is 2.32. The van der Waals surface area contributed by atoms with Crippen LogP contribution < -0.4 is 11.1 Å². The highest BCUT2D eigenvalue weighted by Gasteiger charge is 2.45. The van der Waals surface area contributed by atoms with Crippen LogP contribution in [0.3, 0.4) is 0 Å². The lowest BCUT2D eigenvalue weighted by Crippen LogP contribution is -2.42. The van der Waals surface area contributed by atoms with Gasteiger partial charge in [0.05, 0.1) is 12.1 Å². The second-order valence-electron chi connectivity index (χ2n) is 3.77. The second kappa shape index (κ2) is 3.84. The minimum absolute atomic E-state index is 0.00290. The zero-order chi connectivity index (χ0) is 11.8. The van der Waals surface area contributed by atoms with Crippen LogP contribution in [0.5, 0.6) is 0 Å². The van der Waals surface area contributed by atoms with Gasteiger partial charge in [0.1, 0.15) is 5.01 Å². The van der Waals surface area contributed by atoms with E-state index >= 15 is 0 Å². The maximum Gasteiger partial charge on any atom is 0.355 e. The van der Waals surface area contributed by atoms with Crippen LogP contribution in [-0.2, 0) is 11.3 Å². The summed E-state index contributed by atoms with van der Waals surface area (Å²) in [6.45, 7) is 0.232. The van der Waals surface area contributed by atoms with E-state index in [0.717, 1.165) is 0 Å². The SMILES string of the molecule is NC1(C(=O)NCc2nc(C(=O)O)cs2)CC1. The number of carboxylic acid groups (broad SMARTS) is 1. The van der Waals surface area contributed by atoms with Gasteiger partial charge in [-0.3, -0.25) is 4.79 Å². The summed E-state index contributed by atoms with van der Waals surface area (Å²) in [5.74, 6) is -1.26. The molecule has 0 radical (unpaired) electrons. The molecule has 2 rings (SSSR count). The first kappa shape index (κ1) is 11.0. The summed E-state index contributed by atoms with van der Waals surface area (Å²) in [5, 5.41) is 13.3. The molecule has 4 N–H and O–H groups in total. The number of carbonyl (C=O) groups is 2. The van der Waals surface area contributed by atoms with Crippen LogP contribution in [0, 0.1) is 0 Å². The Morgan fingerprint density at radius 3 is 2.81 bits per heavy atom. The summed E-state index contributed by atoms with van der Waals surface area (Å²) in [6, 6.07) is 0. The molecule has 0 aromatic carbocycles. The number of hydrogen-bond acceptors (Lipinski definition) is 5. The molecule has 0 unspecified atom stereocenters. The van der Waals surface area contributed by atoms with Crippen molar-refractivity contribution in [3.8, 4) is 0 Å². The maximum absolute atomic E-state index is 11.5. The fourth-order valence-corrected chi connectivity index (χ4v) is 1.89. The van der Waals surface area contributed by atoms with Crippen molar-refractivity contribution in [2.45, 2.75) is 24.9 Å². The van der Waals surface area contributed by atoms with Gasteiger partial charge in [0.25, 0.3) is 0 Å². The van der Waals surface area contributed by atoms with Crippen LogP contribution in [0.2, 0.25) is 0 Å². The molecule has 1 aromatic heterocycles. The molecule has 0 aliphatic heterocycles. The Balaban J connectivity index is 1.89. The van der Waals surface area contributed by atoms with Crippen LogP contribution in [0.15, 0.2) is 5.38 Å². The average Bonchev–Trinajstić information content (AvgIpc) is 2.82. The Morgan fingerprint density at radius 2 is 2.31 bits per heavy atom. The first-order valence-corrected chi connectivity index (χ1v) is 5.64. The molecule has 1 aliphatic rings. The van der Waals surface area contributed by atoms with Gasteiger partial charge in [0, 0.05) is 5.38 Å². The van der Waals surface area contributed by atoms with E-state index in [4.69, 9.17) is 10.8 Å². The fraction of sp³-hybridized carbons (Fsp3) is 0.444.